The molecule has 0 aliphatic carbocycles. The Bertz CT molecular complexity index is 1770. The maximum atomic E-state index is 14.7. The Hall–Kier alpha value is -3.85. The Labute approximate surface area is 288 Å². The summed E-state index contributed by atoms with van der Waals surface area (Å²) in [5.41, 5.74) is 4.21. The largest absolute Gasteiger partial charge is 0.354 e. The summed E-state index contributed by atoms with van der Waals surface area (Å²) >= 11 is 13.2. The summed E-state index contributed by atoms with van der Waals surface area (Å²) in [6.07, 6.45) is 0.187. The lowest BCUT2D eigenvalue weighted by atomic mass is 10.0. The van der Waals surface area contributed by atoms with Crippen LogP contribution in [0.15, 0.2) is 95.9 Å². The number of nitrogens with zero attached hydrogens (tertiary/aromatic N) is 2. The lowest BCUT2D eigenvalue weighted by molar-refractivity contribution is -0.140. The molecule has 1 atom stereocenters. The van der Waals surface area contributed by atoms with E-state index in [1.165, 1.54) is 17.0 Å². The second-order valence-corrected chi connectivity index (χ2v) is 14.9. The summed E-state index contributed by atoms with van der Waals surface area (Å²) in [5.74, 6) is -0.784. The van der Waals surface area contributed by atoms with Crippen LogP contribution in [0.2, 0.25) is 10.0 Å². The van der Waals surface area contributed by atoms with Crippen molar-refractivity contribution in [1.82, 2.24) is 10.2 Å². The van der Waals surface area contributed by atoms with Crippen LogP contribution in [0.1, 0.15) is 41.7 Å². The average molecular weight is 695 g/mol. The molecule has 47 heavy (non-hydrogen) atoms. The summed E-state index contributed by atoms with van der Waals surface area (Å²) in [5, 5.41) is 3.64. The topological polar surface area (TPSA) is 86.8 Å². The molecule has 7 nitrogen and oxygen atoms in total. The van der Waals surface area contributed by atoms with E-state index in [0.717, 1.165) is 26.6 Å². The number of rotatable bonds is 13. The second-order valence-electron chi connectivity index (χ2n) is 12.2. The minimum Gasteiger partial charge on any atom is -0.354 e. The predicted octanol–water partition coefficient (Wildman–Crippen LogP) is 7.53. The molecule has 4 aromatic carbocycles. The van der Waals surface area contributed by atoms with Gasteiger partial charge in [0.05, 0.1) is 10.6 Å². The maximum Gasteiger partial charge on any atom is 0.264 e. The van der Waals surface area contributed by atoms with Crippen LogP contribution in [-0.4, -0.2) is 44.3 Å². The number of carbonyl (C=O) groups excluding carboxylic acids is 2. The van der Waals surface area contributed by atoms with Crippen LogP contribution < -0.4 is 9.62 Å². The number of sulfonamides is 1. The Morgan fingerprint density at radius 2 is 1.38 bits per heavy atom. The highest BCUT2D eigenvalue weighted by Crippen LogP contribution is 2.30. The van der Waals surface area contributed by atoms with Crippen molar-refractivity contribution in [3.05, 3.63) is 129 Å². The highest BCUT2D eigenvalue weighted by Gasteiger charge is 2.35. The minimum absolute atomic E-state index is 0.0475. The maximum absolute atomic E-state index is 14.7. The molecule has 248 valence electrons. The number of nitrogens with one attached hydrogen (secondary N) is 1. The third kappa shape index (κ3) is 9.37. The van der Waals surface area contributed by atoms with Gasteiger partial charge >= 0.3 is 0 Å². The number of hydrogen-bond donors (Lipinski definition) is 1. The van der Waals surface area contributed by atoms with Gasteiger partial charge < -0.3 is 10.2 Å². The van der Waals surface area contributed by atoms with E-state index in [4.69, 9.17) is 23.2 Å². The Balaban J connectivity index is 1.86. The fourth-order valence-electron chi connectivity index (χ4n) is 5.29. The second kappa shape index (κ2) is 15.8. The Morgan fingerprint density at radius 1 is 0.787 bits per heavy atom. The standard InChI is InChI=1S/C37H41Cl2N3O4S/c1-25(2)22-40-37(44)35(21-29-10-7-6-8-11-29)41(23-32-33(38)12-9-13-34(32)39)36(43)24-42(30-19-27(4)18-28(5)20-30)47(45,46)31-16-14-26(3)15-17-31/h6-20,25,35H,21-24H2,1-5H3,(H,40,44). The average Bonchev–Trinajstić information content (AvgIpc) is 3.01. The van der Waals surface area contributed by atoms with Crippen molar-refractivity contribution in [2.75, 3.05) is 17.4 Å². The number of hydrogen-bond acceptors (Lipinski definition) is 4. The van der Waals surface area contributed by atoms with E-state index in [-0.39, 0.29) is 29.7 Å². The summed E-state index contributed by atoms with van der Waals surface area (Å²) in [6.45, 7) is 9.30. The van der Waals surface area contributed by atoms with Crippen molar-refractivity contribution in [3.8, 4) is 0 Å². The van der Waals surface area contributed by atoms with Crippen molar-refractivity contribution < 1.29 is 18.0 Å². The van der Waals surface area contributed by atoms with E-state index in [2.05, 4.69) is 5.32 Å². The fraction of sp³-hybridized carbons (Fsp3) is 0.297. The number of carbonyl (C=O) groups is 2. The van der Waals surface area contributed by atoms with Crippen LogP contribution in [0.25, 0.3) is 0 Å². The highest BCUT2D eigenvalue weighted by molar-refractivity contribution is 7.92. The first-order valence-electron chi connectivity index (χ1n) is 15.5. The molecule has 0 spiro atoms. The third-order valence-electron chi connectivity index (χ3n) is 7.73. The Kier molecular flexibility index (Phi) is 12.1. The molecule has 0 saturated heterocycles. The summed E-state index contributed by atoms with van der Waals surface area (Å²) < 4.78 is 29.7. The first-order valence-corrected chi connectivity index (χ1v) is 17.7. The third-order valence-corrected chi connectivity index (χ3v) is 10.2. The molecule has 0 aromatic heterocycles. The van der Waals surface area contributed by atoms with E-state index in [1.807, 2.05) is 71.0 Å². The molecule has 10 heteroatoms. The van der Waals surface area contributed by atoms with Crippen LogP contribution in [-0.2, 0) is 32.6 Å². The molecule has 1 N–H and O–H groups in total. The predicted molar refractivity (Wildman–Crippen MR) is 190 cm³/mol. The van der Waals surface area contributed by atoms with Gasteiger partial charge in [-0.1, -0.05) is 97.2 Å². The van der Waals surface area contributed by atoms with Crippen molar-refractivity contribution >= 4 is 50.7 Å². The monoisotopic (exact) mass is 693 g/mol. The molecule has 0 aliphatic rings. The molecule has 2 amide bonds. The van der Waals surface area contributed by atoms with Crippen molar-refractivity contribution in [1.29, 1.82) is 0 Å². The van der Waals surface area contributed by atoms with E-state index in [0.29, 0.717) is 27.8 Å². The minimum atomic E-state index is -4.22. The van der Waals surface area contributed by atoms with Gasteiger partial charge in [-0.25, -0.2) is 8.42 Å². The Morgan fingerprint density at radius 3 is 1.96 bits per heavy atom. The number of aryl methyl sites for hydroxylation is 3. The molecule has 0 fully saturated rings. The van der Waals surface area contributed by atoms with Crippen LogP contribution in [0.4, 0.5) is 5.69 Å². The molecular formula is C37H41Cl2N3O4S. The smallest absolute Gasteiger partial charge is 0.264 e. The van der Waals surface area contributed by atoms with Gasteiger partial charge in [-0.05, 0) is 79.8 Å². The molecule has 0 heterocycles. The SMILES string of the molecule is Cc1ccc(S(=O)(=O)N(CC(=O)N(Cc2c(Cl)cccc2Cl)C(Cc2ccccc2)C(=O)NCC(C)C)c2cc(C)cc(C)c2)cc1. The zero-order valence-electron chi connectivity index (χ0n) is 27.3. The van der Waals surface area contributed by atoms with Crippen molar-refractivity contribution in [3.63, 3.8) is 0 Å². The normalized spacial score (nSPS) is 12.1. The summed E-state index contributed by atoms with van der Waals surface area (Å²) in [6, 6.07) is 25.3. The fourth-order valence-corrected chi connectivity index (χ4v) is 7.21. The van der Waals surface area contributed by atoms with Crippen LogP contribution in [0.5, 0.6) is 0 Å². The van der Waals surface area contributed by atoms with Gasteiger partial charge in [0, 0.05) is 35.1 Å². The van der Waals surface area contributed by atoms with E-state index < -0.39 is 28.5 Å². The van der Waals surface area contributed by atoms with E-state index in [9.17, 15) is 18.0 Å². The van der Waals surface area contributed by atoms with E-state index in [1.54, 1.807) is 42.5 Å². The molecule has 4 rings (SSSR count). The molecule has 0 aliphatic heterocycles. The van der Waals surface area contributed by atoms with Gasteiger partial charge in [-0.15, -0.1) is 0 Å². The first kappa shape index (κ1) is 36.0. The van der Waals surface area contributed by atoms with Crippen molar-refractivity contribution in [2.24, 2.45) is 5.92 Å². The van der Waals surface area contributed by atoms with Crippen molar-refractivity contribution in [2.45, 2.75) is 58.5 Å². The first-order chi connectivity index (χ1) is 22.3. The van der Waals surface area contributed by atoms with Gasteiger partial charge in [0.15, 0.2) is 0 Å². The van der Waals surface area contributed by atoms with E-state index >= 15 is 0 Å². The molecule has 4 aromatic rings. The van der Waals surface area contributed by atoms with Crippen LogP contribution in [0.3, 0.4) is 0 Å². The van der Waals surface area contributed by atoms with Crippen LogP contribution in [0, 0.1) is 26.7 Å². The number of halogens is 2. The van der Waals surface area contributed by atoms with Gasteiger partial charge in [0.25, 0.3) is 10.0 Å². The molecule has 1 unspecified atom stereocenters. The quantitative estimate of drug-likeness (QED) is 0.157. The lowest BCUT2D eigenvalue weighted by Gasteiger charge is -2.34. The molecule has 0 bridgehead atoms. The number of anilines is 1. The lowest BCUT2D eigenvalue weighted by Crippen LogP contribution is -2.53. The van der Waals surface area contributed by atoms with Gasteiger partial charge in [-0.2, -0.15) is 0 Å². The van der Waals surface area contributed by atoms with Gasteiger partial charge in [0.2, 0.25) is 11.8 Å². The summed E-state index contributed by atoms with van der Waals surface area (Å²) in [7, 11) is -4.22. The van der Waals surface area contributed by atoms with Crippen LogP contribution >= 0.6 is 23.2 Å². The van der Waals surface area contributed by atoms with Gasteiger partial charge in [0.1, 0.15) is 12.6 Å². The zero-order valence-corrected chi connectivity index (χ0v) is 29.7. The zero-order chi connectivity index (χ0) is 34.3. The molecule has 0 saturated carbocycles. The highest BCUT2D eigenvalue weighted by atomic mass is 35.5. The number of benzene rings is 4. The molecular weight excluding hydrogens is 653 g/mol. The number of amides is 2. The van der Waals surface area contributed by atoms with Gasteiger partial charge in [-0.3, -0.25) is 13.9 Å². The molecule has 0 radical (unpaired) electrons. The summed E-state index contributed by atoms with van der Waals surface area (Å²) in [4.78, 5) is 30.1.